The van der Waals surface area contributed by atoms with E-state index >= 15 is 0 Å². The van der Waals surface area contributed by atoms with Crippen LogP contribution < -0.4 is 0 Å². The number of hydrogen-bond acceptors (Lipinski definition) is 2. The van der Waals surface area contributed by atoms with E-state index < -0.39 is 0 Å². The predicted molar refractivity (Wildman–Crippen MR) is 55.4 cm³/mol. The normalized spacial score (nSPS) is 19.9. The van der Waals surface area contributed by atoms with Crippen LogP contribution in [0.2, 0.25) is 5.02 Å². The van der Waals surface area contributed by atoms with Crippen LogP contribution in [0.25, 0.3) is 10.9 Å². The number of pyridine rings is 1. The highest BCUT2D eigenvalue weighted by Gasteiger charge is 2.29. The van der Waals surface area contributed by atoms with Gasteiger partial charge in [0.1, 0.15) is 6.10 Å². The molecule has 2 aromatic rings. The van der Waals surface area contributed by atoms with Gasteiger partial charge in [0, 0.05) is 22.2 Å². The molecule has 1 aromatic heterocycles. The zero-order chi connectivity index (χ0) is 9.54. The topological polar surface area (TPSA) is 25.4 Å². The third-order valence-corrected chi connectivity index (χ3v) is 2.75. The first-order chi connectivity index (χ1) is 6.86. The van der Waals surface area contributed by atoms with E-state index in [1.165, 1.54) is 0 Å². The Bertz CT molecular complexity index is 494. The molecule has 14 heavy (non-hydrogen) atoms. The molecule has 1 aliphatic heterocycles. The molecular weight excluding hydrogens is 198 g/mol. The number of nitrogens with zero attached hydrogens (tertiary/aromatic N) is 1. The van der Waals surface area contributed by atoms with Gasteiger partial charge in [-0.05, 0) is 12.1 Å². The molecule has 0 radical (unpaired) electrons. The summed E-state index contributed by atoms with van der Waals surface area (Å²) in [7, 11) is 0. The summed E-state index contributed by atoms with van der Waals surface area (Å²) in [6, 6.07) is 7.84. The summed E-state index contributed by atoms with van der Waals surface area (Å²) in [6.07, 6.45) is 1.94. The van der Waals surface area contributed by atoms with Gasteiger partial charge < -0.3 is 4.74 Å². The molecule has 1 fully saturated rings. The minimum absolute atomic E-state index is 0.154. The number of epoxide rings is 1. The highest BCUT2D eigenvalue weighted by molar-refractivity contribution is 6.32. The number of aromatic nitrogens is 1. The van der Waals surface area contributed by atoms with E-state index in [-0.39, 0.29) is 6.10 Å². The zero-order valence-corrected chi connectivity index (χ0v) is 8.16. The van der Waals surface area contributed by atoms with Crippen molar-refractivity contribution in [2.24, 2.45) is 0 Å². The van der Waals surface area contributed by atoms with Crippen LogP contribution in [0.15, 0.2) is 30.5 Å². The molecule has 1 atom stereocenters. The van der Waals surface area contributed by atoms with Gasteiger partial charge in [-0.15, -0.1) is 0 Å². The van der Waals surface area contributed by atoms with E-state index in [0.29, 0.717) is 0 Å². The molecule has 1 aliphatic rings. The third-order valence-electron chi connectivity index (χ3n) is 2.42. The molecule has 0 unspecified atom stereocenters. The SMILES string of the molecule is Clc1ccc2cccnc2c1[C@H]1CO1. The average molecular weight is 206 g/mol. The molecular formula is C11H8ClNO. The van der Waals surface area contributed by atoms with E-state index in [2.05, 4.69) is 4.98 Å². The molecule has 3 heteroatoms. The van der Waals surface area contributed by atoms with Gasteiger partial charge in [-0.3, -0.25) is 4.98 Å². The Kier molecular flexibility index (Phi) is 1.72. The van der Waals surface area contributed by atoms with E-state index in [1.54, 1.807) is 6.20 Å². The number of rotatable bonds is 1. The second-order valence-corrected chi connectivity index (χ2v) is 3.77. The van der Waals surface area contributed by atoms with Crippen LogP contribution in [-0.4, -0.2) is 11.6 Å². The van der Waals surface area contributed by atoms with Crippen molar-refractivity contribution in [2.75, 3.05) is 6.61 Å². The second-order valence-electron chi connectivity index (χ2n) is 3.36. The molecule has 0 amide bonds. The maximum absolute atomic E-state index is 6.12. The lowest BCUT2D eigenvalue weighted by atomic mass is 10.1. The van der Waals surface area contributed by atoms with Crippen LogP contribution in [-0.2, 0) is 4.74 Å². The van der Waals surface area contributed by atoms with Crippen LogP contribution in [0.3, 0.4) is 0 Å². The Morgan fingerprint density at radius 2 is 2.21 bits per heavy atom. The molecule has 0 spiro atoms. The Labute approximate surface area is 86.5 Å². The standard InChI is InChI=1S/C11H8ClNO/c12-8-4-3-7-2-1-5-13-11(7)10(8)9-6-14-9/h1-5,9H,6H2/t9-/m1/s1. The van der Waals surface area contributed by atoms with E-state index in [1.807, 2.05) is 24.3 Å². The lowest BCUT2D eigenvalue weighted by Gasteiger charge is -2.04. The van der Waals surface area contributed by atoms with Crippen LogP contribution in [0, 0.1) is 0 Å². The molecule has 2 heterocycles. The second kappa shape index (κ2) is 2.94. The molecule has 3 rings (SSSR count). The van der Waals surface area contributed by atoms with Crippen molar-refractivity contribution in [3.8, 4) is 0 Å². The summed E-state index contributed by atoms with van der Waals surface area (Å²) in [5.41, 5.74) is 1.99. The van der Waals surface area contributed by atoms with Crippen molar-refractivity contribution in [2.45, 2.75) is 6.10 Å². The van der Waals surface area contributed by atoms with Crippen molar-refractivity contribution < 1.29 is 4.74 Å². The van der Waals surface area contributed by atoms with E-state index in [9.17, 15) is 0 Å². The molecule has 2 nitrogen and oxygen atoms in total. The lowest BCUT2D eigenvalue weighted by molar-refractivity contribution is 0.416. The van der Waals surface area contributed by atoms with Crippen molar-refractivity contribution in [3.63, 3.8) is 0 Å². The average Bonchev–Trinajstić information content (AvgIpc) is 3.01. The van der Waals surface area contributed by atoms with Gasteiger partial charge in [0.05, 0.1) is 12.1 Å². The van der Waals surface area contributed by atoms with Crippen molar-refractivity contribution in [3.05, 3.63) is 41.0 Å². The molecule has 1 aromatic carbocycles. The Hall–Kier alpha value is -1.12. The Morgan fingerprint density at radius 1 is 1.36 bits per heavy atom. The summed E-state index contributed by atoms with van der Waals surface area (Å²) in [4.78, 5) is 4.34. The van der Waals surface area contributed by atoms with Crippen molar-refractivity contribution >= 4 is 22.5 Å². The minimum Gasteiger partial charge on any atom is -0.368 e. The van der Waals surface area contributed by atoms with E-state index in [0.717, 1.165) is 28.1 Å². The summed E-state index contributed by atoms with van der Waals surface area (Å²) in [5.74, 6) is 0. The highest BCUT2D eigenvalue weighted by Crippen LogP contribution is 2.38. The molecule has 1 saturated heterocycles. The van der Waals surface area contributed by atoms with Gasteiger partial charge in [-0.25, -0.2) is 0 Å². The Balaban J connectivity index is 2.37. The molecule has 70 valence electrons. The number of hydrogen-bond donors (Lipinski definition) is 0. The zero-order valence-electron chi connectivity index (χ0n) is 7.40. The smallest absolute Gasteiger partial charge is 0.110 e. The number of fused-ring (bicyclic) bond motifs is 1. The van der Waals surface area contributed by atoms with E-state index in [4.69, 9.17) is 16.3 Å². The van der Waals surface area contributed by atoms with Gasteiger partial charge in [0.25, 0.3) is 0 Å². The van der Waals surface area contributed by atoms with Gasteiger partial charge in [-0.2, -0.15) is 0 Å². The highest BCUT2D eigenvalue weighted by atomic mass is 35.5. The fourth-order valence-electron chi connectivity index (χ4n) is 1.66. The van der Waals surface area contributed by atoms with Crippen LogP contribution in [0.1, 0.15) is 11.7 Å². The third kappa shape index (κ3) is 1.19. The van der Waals surface area contributed by atoms with Gasteiger partial charge in [-0.1, -0.05) is 23.7 Å². The molecule has 0 saturated carbocycles. The molecule has 0 aliphatic carbocycles. The first-order valence-electron chi connectivity index (χ1n) is 4.51. The first kappa shape index (κ1) is 8.21. The van der Waals surface area contributed by atoms with Crippen LogP contribution >= 0.6 is 11.6 Å². The first-order valence-corrected chi connectivity index (χ1v) is 4.89. The fraction of sp³-hybridized carbons (Fsp3) is 0.182. The number of halogens is 1. The van der Waals surface area contributed by atoms with Crippen LogP contribution in [0.5, 0.6) is 0 Å². The van der Waals surface area contributed by atoms with Crippen molar-refractivity contribution in [1.29, 1.82) is 0 Å². The number of ether oxygens (including phenoxy) is 1. The van der Waals surface area contributed by atoms with Gasteiger partial charge in [0.15, 0.2) is 0 Å². The number of benzene rings is 1. The summed E-state index contributed by atoms with van der Waals surface area (Å²) in [5, 5.41) is 1.86. The van der Waals surface area contributed by atoms with Gasteiger partial charge >= 0.3 is 0 Å². The van der Waals surface area contributed by atoms with Gasteiger partial charge in [0.2, 0.25) is 0 Å². The molecule has 0 bridgehead atoms. The van der Waals surface area contributed by atoms with Crippen LogP contribution in [0.4, 0.5) is 0 Å². The summed E-state index contributed by atoms with van der Waals surface area (Å²) >= 11 is 6.12. The monoisotopic (exact) mass is 205 g/mol. The maximum Gasteiger partial charge on any atom is 0.110 e. The molecule has 0 N–H and O–H groups in total. The maximum atomic E-state index is 6.12. The minimum atomic E-state index is 0.154. The quantitative estimate of drug-likeness (QED) is 0.669. The Morgan fingerprint density at radius 3 is 3.00 bits per heavy atom. The van der Waals surface area contributed by atoms with Crippen molar-refractivity contribution in [1.82, 2.24) is 4.98 Å². The summed E-state index contributed by atoms with van der Waals surface area (Å²) < 4.78 is 5.26. The fourth-order valence-corrected chi connectivity index (χ4v) is 1.94. The predicted octanol–water partition coefficient (Wildman–Crippen LogP) is 2.96. The largest absolute Gasteiger partial charge is 0.368 e. The summed E-state index contributed by atoms with van der Waals surface area (Å²) in [6.45, 7) is 0.759. The lowest BCUT2D eigenvalue weighted by Crippen LogP contribution is -1.88.